The number of pyridine rings is 1. The smallest absolute Gasteiger partial charge is 0.260 e. The number of nitrogen functional groups attached to an aromatic ring is 1. The van der Waals surface area contributed by atoms with Gasteiger partial charge in [0.05, 0.1) is 18.9 Å². The monoisotopic (exact) mass is 289 g/mol. The number of ether oxygens (including phenoxy) is 2. The summed E-state index contributed by atoms with van der Waals surface area (Å²) in [6, 6.07) is 3.08. The van der Waals surface area contributed by atoms with Crippen molar-refractivity contribution in [2.75, 3.05) is 39.2 Å². The normalized spacial score (nSPS) is 11.6. The molecule has 0 aliphatic carbocycles. The molecule has 1 aromatic heterocycles. The van der Waals surface area contributed by atoms with Crippen LogP contribution in [0.25, 0.3) is 0 Å². The molecule has 1 aromatic rings. The zero-order chi connectivity index (χ0) is 14.1. The Bertz CT molecular complexity index is 479. The highest BCUT2D eigenvalue weighted by Gasteiger charge is 2.17. The highest BCUT2D eigenvalue weighted by molar-refractivity contribution is 7.89. The molecule has 0 saturated carbocycles. The number of aromatic nitrogens is 1. The topological polar surface area (TPSA) is 104 Å². The van der Waals surface area contributed by atoms with Crippen molar-refractivity contribution in [2.45, 2.75) is 11.4 Å². The molecule has 0 bridgehead atoms. The molecule has 0 atom stereocenters. The molecule has 0 saturated heterocycles. The summed E-state index contributed by atoms with van der Waals surface area (Å²) in [5, 5.41) is -0.143. The molecule has 0 aromatic carbocycles. The maximum atomic E-state index is 11.9. The Morgan fingerprint density at radius 2 is 2.16 bits per heavy atom. The minimum atomic E-state index is -3.65. The molecular weight excluding hydrogens is 270 g/mol. The van der Waals surface area contributed by atoms with E-state index in [1.807, 2.05) is 0 Å². The van der Waals surface area contributed by atoms with Gasteiger partial charge in [-0.25, -0.2) is 18.1 Å². The number of hydrogen-bond donors (Lipinski definition) is 2. The van der Waals surface area contributed by atoms with Crippen molar-refractivity contribution in [1.82, 2.24) is 9.71 Å². The van der Waals surface area contributed by atoms with Crippen LogP contribution in [-0.4, -0.2) is 46.9 Å². The van der Waals surface area contributed by atoms with Crippen LogP contribution in [0.2, 0.25) is 0 Å². The molecule has 0 spiro atoms. The quantitative estimate of drug-likeness (QED) is 0.620. The molecule has 7 nitrogen and oxygen atoms in total. The molecule has 0 radical (unpaired) electrons. The lowest BCUT2D eigenvalue weighted by atomic mass is 10.4. The number of anilines is 1. The van der Waals surface area contributed by atoms with Crippen LogP contribution in [0.5, 0.6) is 0 Å². The predicted molar refractivity (Wildman–Crippen MR) is 71.1 cm³/mol. The van der Waals surface area contributed by atoms with Gasteiger partial charge >= 0.3 is 0 Å². The van der Waals surface area contributed by atoms with Gasteiger partial charge in [-0.15, -0.1) is 0 Å². The summed E-state index contributed by atoms with van der Waals surface area (Å²) in [4.78, 5) is 3.77. The first kappa shape index (κ1) is 15.8. The Kier molecular flexibility index (Phi) is 6.71. The molecule has 108 valence electrons. The van der Waals surface area contributed by atoms with Crippen molar-refractivity contribution >= 4 is 15.7 Å². The first-order chi connectivity index (χ1) is 9.08. The average Bonchev–Trinajstić information content (AvgIpc) is 2.38. The van der Waals surface area contributed by atoms with E-state index in [9.17, 15) is 8.42 Å². The zero-order valence-corrected chi connectivity index (χ0v) is 11.6. The standard InChI is InChI=1S/C11H19N3O4S/c1-17-8-9-18-7-3-6-14-19(15,16)11-10(12)4-2-5-13-11/h2,4-5,14H,3,6-9,12H2,1H3. The second kappa shape index (κ2) is 8.05. The van der Waals surface area contributed by atoms with Crippen molar-refractivity contribution in [3.8, 4) is 0 Å². The maximum absolute atomic E-state index is 11.9. The van der Waals surface area contributed by atoms with E-state index < -0.39 is 10.0 Å². The van der Waals surface area contributed by atoms with Crippen molar-refractivity contribution in [3.63, 3.8) is 0 Å². The Morgan fingerprint density at radius 3 is 2.84 bits per heavy atom. The van der Waals surface area contributed by atoms with Gasteiger partial charge in [0.2, 0.25) is 0 Å². The van der Waals surface area contributed by atoms with Crippen LogP contribution in [0.4, 0.5) is 5.69 Å². The van der Waals surface area contributed by atoms with E-state index in [1.54, 1.807) is 13.2 Å². The third kappa shape index (κ3) is 5.52. The second-order valence-electron chi connectivity index (χ2n) is 3.75. The summed E-state index contributed by atoms with van der Waals surface area (Å²) in [6.45, 7) is 1.75. The summed E-state index contributed by atoms with van der Waals surface area (Å²) in [5.74, 6) is 0. The summed E-state index contributed by atoms with van der Waals surface area (Å²) in [6.07, 6.45) is 1.95. The van der Waals surface area contributed by atoms with Crippen LogP contribution in [-0.2, 0) is 19.5 Å². The van der Waals surface area contributed by atoms with E-state index in [-0.39, 0.29) is 17.3 Å². The molecule has 1 heterocycles. The Hall–Kier alpha value is -1.22. The minimum Gasteiger partial charge on any atom is -0.396 e. The van der Waals surface area contributed by atoms with Gasteiger partial charge in [-0.1, -0.05) is 0 Å². The van der Waals surface area contributed by atoms with E-state index in [1.165, 1.54) is 12.3 Å². The summed E-state index contributed by atoms with van der Waals surface area (Å²) < 4.78 is 36.2. The van der Waals surface area contributed by atoms with Gasteiger partial charge in [-0.2, -0.15) is 0 Å². The fraction of sp³-hybridized carbons (Fsp3) is 0.545. The Morgan fingerprint density at radius 1 is 1.37 bits per heavy atom. The predicted octanol–water partition coefficient (Wildman–Crippen LogP) is -0.00480. The highest BCUT2D eigenvalue weighted by atomic mass is 32.2. The minimum absolute atomic E-state index is 0.131. The van der Waals surface area contributed by atoms with Gasteiger partial charge in [-0.3, -0.25) is 0 Å². The zero-order valence-electron chi connectivity index (χ0n) is 10.8. The fourth-order valence-corrected chi connectivity index (χ4v) is 2.45. The van der Waals surface area contributed by atoms with Crippen LogP contribution in [0.3, 0.4) is 0 Å². The Balaban J connectivity index is 2.34. The number of sulfonamides is 1. The third-order valence-corrected chi connectivity index (χ3v) is 3.68. The second-order valence-corrected chi connectivity index (χ2v) is 5.44. The number of nitrogens with two attached hydrogens (primary N) is 1. The lowest BCUT2D eigenvalue weighted by Crippen LogP contribution is -2.27. The maximum Gasteiger partial charge on any atom is 0.260 e. The number of rotatable bonds is 9. The molecule has 0 aliphatic heterocycles. The lowest BCUT2D eigenvalue weighted by Gasteiger charge is -2.08. The lowest BCUT2D eigenvalue weighted by molar-refractivity contribution is 0.0699. The molecule has 8 heteroatoms. The van der Waals surface area contributed by atoms with Gasteiger partial charge in [0.15, 0.2) is 5.03 Å². The van der Waals surface area contributed by atoms with E-state index >= 15 is 0 Å². The molecule has 0 amide bonds. The number of nitrogens with one attached hydrogen (secondary N) is 1. The molecule has 19 heavy (non-hydrogen) atoms. The van der Waals surface area contributed by atoms with E-state index in [2.05, 4.69) is 9.71 Å². The van der Waals surface area contributed by atoms with Gasteiger partial charge in [0.1, 0.15) is 0 Å². The fourth-order valence-electron chi connectivity index (χ4n) is 1.32. The summed E-state index contributed by atoms with van der Waals surface area (Å²) in [5.41, 5.74) is 5.70. The number of hydrogen-bond acceptors (Lipinski definition) is 6. The van der Waals surface area contributed by atoms with Crippen molar-refractivity contribution < 1.29 is 17.9 Å². The summed E-state index contributed by atoms with van der Waals surface area (Å²) >= 11 is 0. The molecule has 0 fully saturated rings. The molecule has 0 unspecified atom stereocenters. The van der Waals surface area contributed by atoms with Crippen LogP contribution in [0.1, 0.15) is 6.42 Å². The molecular formula is C11H19N3O4S. The van der Waals surface area contributed by atoms with Crippen LogP contribution in [0, 0.1) is 0 Å². The van der Waals surface area contributed by atoms with E-state index in [0.717, 1.165) is 0 Å². The number of methoxy groups -OCH3 is 1. The molecule has 0 aliphatic rings. The Labute approximate surface area is 113 Å². The largest absolute Gasteiger partial charge is 0.396 e. The van der Waals surface area contributed by atoms with Gasteiger partial charge in [0, 0.05) is 26.5 Å². The van der Waals surface area contributed by atoms with E-state index in [0.29, 0.717) is 26.2 Å². The van der Waals surface area contributed by atoms with Gasteiger partial charge < -0.3 is 15.2 Å². The van der Waals surface area contributed by atoms with Crippen LogP contribution < -0.4 is 10.5 Å². The molecule has 1 rings (SSSR count). The van der Waals surface area contributed by atoms with E-state index in [4.69, 9.17) is 15.2 Å². The third-order valence-electron chi connectivity index (χ3n) is 2.24. The highest BCUT2D eigenvalue weighted by Crippen LogP contribution is 2.13. The van der Waals surface area contributed by atoms with Crippen LogP contribution >= 0.6 is 0 Å². The van der Waals surface area contributed by atoms with Gasteiger partial charge in [0.25, 0.3) is 10.0 Å². The van der Waals surface area contributed by atoms with Crippen molar-refractivity contribution in [3.05, 3.63) is 18.3 Å². The summed E-state index contributed by atoms with van der Waals surface area (Å²) in [7, 11) is -2.06. The SMILES string of the molecule is COCCOCCCNS(=O)(=O)c1ncccc1N. The first-order valence-electron chi connectivity index (χ1n) is 5.85. The number of nitrogens with zero attached hydrogens (tertiary/aromatic N) is 1. The first-order valence-corrected chi connectivity index (χ1v) is 7.33. The van der Waals surface area contributed by atoms with Crippen LogP contribution in [0.15, 0.2) is 23.4 Å². The molecule has 3 N–H and O–H groups in total. The average molecular weight is 289 g/mol. The van der Waals surface area contributed by atoms with Crippen molar-refractivity contribution in [2.24, 2.45) is 0 Å². The van der Waals surface area contributed by atoms with Gasteiger partial charge in [-0.05, 0) is 18.6 Å². The van der Waals surface area contributed by atoms with Crippen molar-refractivity contribution in [1.29, 1.82) is 0 Å².